The van der Waals surface area contributed by atoms with E-state index in [4.69, 9.17) is 0 Å². The maximum atomic E-state index is 11.2. The summed E-state index contributed by atoms with van der Waals surface area (Å²) in [6, 6.07) is 5.54. The second-order valence-corrected chi connectivity index (χ2v) is 5.04. The monoisotopic (exact) mass is 259 g/mol. The highest BCUT2D eigenvalue weighted by Crippen LogP contribution is 2.22. The summed E-state index contributed by atoms with van der Waals surface area (Å²) in [5, 5.41) is 9.23. The first-order valence-electron chi connectivity index (χ1n) is 6.56. The fourth-order valence-electron chi connectivity index (χ4n) is 2.84. The lowest BCUT2D eigenvalue weighted by Gasteiger charge is -2.21. The zero-order valence-electron chi connectivity index (χ0n) is 10.9. The minimum atomic E-state index is -0.719. The predicted octanol–water partition coefficient (Wildman–Crippen LogP) is 1.69. The fraction of sp³-hybridized carbons (Fsp3) is 0.429. The van der Waals surface area contributed by atoms with Crippen molar-refractivity contribution in [1.82, 2.24) is 14.3 Å². The van der Waals surface area contributed by atoms with Crippen LogP contribution >= 0.6 is 0 Å². The largest absolute Gasteiger partial charge is 0.480 e. The summed E-state index contributed by atoms with van der Waals surface area (Å²) >= 11 is 0. The third-order valence-electron chi connectivity index (χ3n) is 3.83. The van der Waals surface area contributed by atoms with E-state index in [1.807, 2.05) is 40.6 Å². The van der Waals surface area contributed by atoms with E-state index in [1.165, 1.54) is 0 Å². The molecule has 1 N–H and O–H groups in total. The topological polar surface area (TPSA) is 57.8 Å². The first-order chi connectivity index (χ1) is 9.16. The van der Waals surface area contributed by atoms with Gasteiger partial charge in [-0.05, 0) is 38.4 Å². The summed E-state index contributed by atoms with van der Waals surface area (Å²) in [5.74, 6) is -0.719. The lowest BCUT2D eigenvalue weighted by Crippen LogP contribution is -2.35. The Hall–Kier alpha value is -1.88. The van der Waals surface area contributed by atoms with Crippen molar-refractivity contribution in [2.75, 3.05) is 6.54 Å². The van der Waals surface area contributed by atoms with Gasteiger partial charge in [-0.15, -0.1) is 0 Å². The van der Waals surface area contributed by atoms with Gasteiger partial charge in [0.25, 0.3) is 0 Å². The molecule has 3 rings (SSSR count). The van der Waals surface area contributed by atoms with Gasteiger partial charge >= 0.3 is 5.97 Å². The van der Waals surface area contributed by atoms with Crippen LogP contribution < -0.4 is 0 Å². The van der Waals surface area contributed by atoms with Gasteiger partial charge in [-0.3, -0.25) is 9.69 Å². The molecule has 1 aliphatic heterocycles. The number of nitrogens with zero attached hydrogens (tertiary/aromatic N) is 3. The fourth-order valence-corrected chi connectivity index (χ4v) is 2.84. The van der Waals surface area contributed by atoms with E-state index in [2.05, 4.69) is 4.98 Å². The Morgan fingerprint density at radius 2 is 2.37 bits per heavy atom. The summed E-state index contributed by atoms with van der Waals surface area (Å²) < 4.78 is 2.05. The SMILES string of the molecule is Cc1nc2ccccn2c1CN1CCC[C@@H]1C(=O)O. The molecule has 5 heteroatoms. The molecule has 0 unspecified atom stereocenters. The average molecular weight is 259 g/mol. The van der Waals surface area contributed by atoms with E-state index < -0.39 is 5.97 Å². The Morgan fingerprint density at radius 3 is 3.16 bits per heavy atom. The van der Waals surface area contributed by atoms with Crippen molar-refractivity contribution in [2.24, 2.45) is 0 Å². The highest BCUT2D eigenvalue weighted by molar-refractivity contribution is 5.73. The van der Waals surface area contributed by atoms with Crippen LogP contribution in [-0.2, 0) is 11.3 Å². The van der Waals surface area contributed by atoms with Crippen LogP contribution in [0.5, 0.6) is 0 Å². The van der Waals surface area contributed by atoms with Gasteiger partial charge in [-0.25, -0.2) is 4.98 Å². The van der Waals surface area contributed by atoms with Crippen LogP contribution in [0.1, 0.15) is 24.2 Å². The summed E-state index contributed by atoms with van der Waals surface area (Å²) in [4.78, 5) is 17.8. The molecule has 0 amide bonds. The van der Waals surface area contributed by atoms with Gasteiger partial charge in [-0.2, -0.15) is 0 Å². The molecule has 0 saturated carbocycles. The minimum absolute atomic E-state index is 0.353. The van der Waals surface area contributed by atoms with E-state index in [0.717, 1.165) is 36.4 Å². The molecule has 0 aromatic carbocycles. The van der Waals surface area contributed by atoms with Gasteiger partial charge < -0.3 is 9.51 Å². The molecule has 0 bridgehead atoms. The number of rotatable bonds is 3. The molecule has 0 radical (unpaired) electrons. The number of carbonyl (C=O) groups is 1. The molecule has 1 saturated heterocycles. The van der Waals surface area contributed by atoms with Crippen LogP contribution in [0.2, 0.25) is 0 Å². The number of fused-ring (bicyclic) bond motifs is 1. The summed E-state index contributed by atoms with van der Waals surface area (Å²) in [6.07, 6.45) is 3.67. The quantitative estimate of drug-likeness (QED) is 0.911. The van der Waals surface area contributed by atoms with Crippen LogP contribution in [0, 0.1) is 6.92 Å². The van der Waals surface area contributed by atoms with Gasteiger partial charge in [0, 0.05) is 12.7 Å². The van der Waals surface area contributed by atoms with E-state index >= 15 is 0 Å². The van der Waals surface area contributed by atoms with Gasteiger partial charge in [0.2, 0.25) is 0 Å². The molecule has 1 fully saturated rings. The van der Waals surface area contributed by atoms with Gasteiger partial charge in [0.05, 0.1) is 11.4 Å². The Labute approximate surface area is 111 Å². The third kappa shape index (κ3) is 2.10. The number of imidazole rings is 1. The molecular weight excluding hydrogens is 242 g/mol. The van der Waals surface area contributed by atoms with Crippen molar-refractivity contribution in [3.63, 3.8) is 0 Å². The number of hydrogen-bond donors (Lipinski definition) is 1. The maximum absolute atomic E-state index is 11.2. The van der Waals surface area contributed by atoms with Crippen LogP contribution in [0.25, 0.3) is 5.65 Å². The zero-order valence-corrected chi connectivity index (χ0v) is 10.9. The lowest BCUT2D eigenvalue weighted by atomic mass is 10.2. The van der Waals surface area contributed by atoms with Crippen molar-refractivity contribution < 1.29 is 9.90 Å². The van der Waals surface area contributed by atoms with Crippen LogP contribution in [0.15, 0.2) is 24.4 Å². The molecule has 0 spiro atoms. The number of aryl methyl sites for hydroxylation is 1. The van der Waals surface area contributed by atoms with Crippen molar-refractivity contribution in [1.29, 1.82) is 0 Å². The summed E-state index contributed by atoms with van der Waals surface area (Å²) in [7, 11) is 0. The van der Waals surface area contributed by atoms with E-state index in [1.54, 1.807) is 0 Å². The number of hydrogen-bond acceptors (Lipinski definition) is 3. The molecule has 5 nitrogen and oxygen atoms in total. The zero-order chi connectivity index (χ0) is 13.4. The maximum Gasteiger partial charge on any atom is 0.320 e. The standard InChI is InChI=1S/C14H17N3O2/c1-10-12(17-8-3-2-6-13(17)15-10)9-16-7-4-5-11(16)14(18)19/h2-3,6,8,11H,4-5,7,9H2,1H3,(H,18,19)/t11-/m1/s1. The van der Waals surface area contributed by atoms with Crippen LogP contribution in [0.4, 0.5) is 0 Å². The normalized spacial score (nSPS) is 20.2. The van der Waals surface area contributed by atoms with Crippen LogP contribution in [-0.4, -0.2) is 37.9 Å². The molecule has 0 aliphatic carbocycles. The number of aromatic nitrogens is 2. The number of pyridine rings is 1. The number of carboxylic acid groups (broad SMARTS) is 1. The van der Waals surface area contributed by atoms with E-state index in [9.17, 15) is 9.90 Å². The Balaban J connectivity index is 1.93. The van der Waals surface area contributed by atoms with Crippen LogP contribution in [0.3, 0.4) is 0 Å². The highest BCUT2D eigenvalue weighted by atomic mass is 16.4. The predicted molar refractivity (Wildman–Crippen MR) is 71.0 cm³/mol. The molecule has 19 heavy (non-hydrogen) atoms. The average Bonchev–Trinajstić information content (AvgIpc) is 2.96. The third-order valence-corrected chi connectivity index (χ3v) is 3.83. The molecule has 2 aromatic rings. The highest BCUT2D eigenvalue weighted by Gasteiger charge is 2.31. The van der Waals surface area contributed by atoms with Crippen molar-refractivity contribution >= 4 is 11.6 Å². The molecular formula is C14H17N3O2. The molecule has 1 atom stereocenters. The second-order valence-electron chi connectivity index (χ2n) is 5.04. The van der Waals surface area contributed by atoms with Gasteiger partial charge in [-0.1, -0.05) is 6.07 Å². The van der Waals surface area contributed by atoms with E-state index in [0.29, 0.717) is 6.54 Å². The molecule has 1 aliphatic rings. The summed E-state index contributed by atoms with van der Waals surface area (Å²) in [6.45, 7) is 3.47. The smallest absolute Gasteiger partial charge is 0.320 e. The molecule has 100 valence electrons. The van der Waals surface area contributed by atoms with E-state index in [-0.39, 0.29) is 6.04 Å². The van der Waals surface area contributed by atoms with Crippen molar-refractivity contribution in [3.05, 3.63) is 35.8 Å². The van der Waals surface area contributed by atoms with Gasteiger partial charge in [0.15, 0.2) is 0 Å². The number of aliphatic carboxylic acids is 1. The Morgan fingerprint density at radius 1 is 1.53 bits per heavy atom. The minimum Gasteiger partial charge on any atom is -0.480 e. The van der Waals surface area contributed by atoms with Crippen molar-refractivity contribution in [3.8, 4) is 0 Å². The first-order valence-corrected chi connectivity index (χ1v) is 6.56. The number of carboxylic acids is 1. The Kier molecular flexibility index (Phi) is 2.98. The summed E-state index contributed by atoms with van der Waals surface area (Å²) in [5.41, 5.74) is 2.98. The lowest BCUT2D eigenvalue weighted by molar-refractivity contribution is -0.142. The molecule has 3 heterocycles. The number of likely N-dealkylation sites (tertiary alicyclic amines) is 1. The van der Waals surface area contributed by atoms with Crippen molar-refractivity contribution in [2.45, 2.75) is 32.4 Å². The second kappa shape index (κ2) is 4.66. The van der Waals surface area contributed by atoms with Gasteiger partial charge in [0.1, 0.15) is 11.7 Å². The molecule has 2 aromatic heterocycles. The first kappa shape index (κ1) is 12.2. The Bertz CT molecular complexity index is 620.